The van der Waals surface area contributed by atoms with E-state index in [1.54, 1.807) is 0 Å². The minimum Gasteiger partial charge on any atom is -0.449 e. The van der Waals surface area contributed by atoms with Crippen molar-refractivity contribution in [2.75, 3.05) is 0 Å². The first-order valence-electron chi connectivity index (χ1n) is 5.27. The number of carbonyl (C=O) groups is 3. The van der Waals surface area contributed by atoms with Gasteiger partial charge in [0.15, 0.2) is 12.2 Å². The van der Waals surface area contributed by atoms with Gasteiger partial charge >= 0.3 is 17.9 Å². The molecule has 0 amide bonds. The van der Waals surface area contributed by atoms with Crippen LogP contribution in [0.25, 0.3) is 0 Å². The second-order valence-electron chi connectivity index (χ2n) is 3.55. The molecule has 0 fully saturated rings. The highest BCUT2D eigenvalue weighted by Gasteiger charge is 2.25. The standard InChI is InChI=1S/C11H17NO6/c1-5-16-10(14)7(3)18-11(15)8(4)17-9(13)6(2)12/h5-8H,1,12H2,2-4H3/t6-,7?,8?/m1/s1. The largest absolute Gasteiger partial charge is 0.449 e. The van der Waals surface area contributed by atoms with Crippen molar-refractivity contribution in [3.05, 3.63) is 12.8 Å². The van der Waals surface area contributed by atoms with Gasteiger partial charge in [-0.3, -0.25) is 4.79 Å². The van der Waals surface area contributed by atoms with Gasteiger partial charge < -0.3 is 19.9 Å². The minimum atomic E-state index is -1.15. The lowest BCUT2D eigenvalue weighted by atomic mass is 10.3. The molecule has 0 aromatic heterocycles. The maximum absolute atomic E-state index is 11.4. The molecule has 0 saturated carbocycles. The van der Waals surface area contributed by atoms with Crippen LogP contribution in [-0.4, -0.2) is 36.2 Å². The van der Waals surface area contributed by atoms with E-state index in [0.717, 1.165) is 6.26 Å². The Hall–Kier alpha value is -1.89. The first-order chi connectivity index (χ1) is 8.29. The summed E-state index contributed by atoms with van der Waals surface area (Å²) in [5, 5.41) is 0. The summed E-state index contributed by atoms with van der Waals surface area (Å²) in [7, 11) is 0. The van der Waals surface area contributed by atoms with E-state index < -0.39 is 36.2 Å². The van der Waals surface area contributed by atoms with E-state index in [4.69, 9.17) is 15.2 Å². The second-order valence-corrected chi connectivity index (χ2v) is 3.55. The van der Waals surface area contributed by atoms with Gasteiger partial charge in [-0.2, -0.15) is 0 Å². The number of ether oxygens (including phenoxy) is 3. The number of esters is 3. The summed E-state index contributed by atoms with van der Waals surface area (Å²) in [4.78, 5) is 33.7. The number of nitrogens with two attached hydrogens (primary N) is 1. The van der Waals surface area contributed by atoms with E-state index in [9.17, 15) is 14.4 Å². The SMILES string of the molecule is C=COC(=O)C(C)OC(=O)C(C)OC(=O)[C@@H](C)N. The monoisotopic (exact) mass is 259 g/mol. The van der Waals surface area contributed by atoms with Gasteiger partial charge in [-0.05, 0) is 20.8 Å². The van der Waals surface area contributed by atoms with Gasteiger partial charge in [0.05, 0.1) is 6.26 Å². The lowest BCUT2D eigenvalue weighted by Crippen LogP contribution is -2.37. The van der Waals surface area contributed by atoms with Crippen molar-refractivity contribution in [2.45, 2.75) is 39.0 Å². The lowest BCUT2D eigenvalue weighted by Gasteiger charge is -2.16. The molecule has 0 aliphatic carbocycles. The highest BCUT2D eigenvalue weighted by Crippen LogP contribution is 2.02. The van der Waals surface area contributed by atoms with Gasteiger partial charge in [0.1, 0.15) is 6.04 Å². The zero-order valence-electron chi connectivity index (χ0n) is 10.5. The van der Waals surface area contributed by atoms with Crippen LogP contribution in [0.2, 0.25) is 0 Å². The molecular formula is C11H17NO6. The summed E-state index contributed by atoms with van der Waals surface area (Å²) >= 11 is 0. The highest BCUT2D eigenvalue weighted by atomic mass is 16.6. The lowest BCUT2D eigenvalue weighted by molar-refractivity contribution is -0.175. The Morgan fingerprint density at radius 1 is 1.00 bits per heavy atom. The third-order valence-corrected chi connectivity index (χ3v) is 1.82. The van der Waals surface area contributed by atoms with Gasteiger partial charge in [0.25, 0.3) is 0 Å². The molecule has 0 aliphatic heterocycles. The van der Waals surface area contributed by atoms with Crippen molar-refractivity contribution < 1.29 is 28.6 Å². The van der Waals surface area contributed by atoms with Crippen LogP contribution in [0.1, 0.15) is 20.8 Å². The van der Waals surface area contributed by atoms with Gasteiger partial charge in [-0.25, -0.2) is 9.59 Å². The second kappa shape index (κ2) is 7.44. The molecule has 18 heavy (non-hydrogen) atoms. The van der Waals surface area contributed by atoms with Crippen LogP contribution in [0, 0.1) is 0 Å². The van der Waals surface area contributed by atoms with E-state index in [1.807, 2.05) is 0 Å². The van der Waals surface area contributed by atoms with E-state index in [1.165, 1.54) is 20.8 Å². The molecule has 102 valence electrons. The Morgan fingerprint density at radius 3 is 1.89 bits per heavy atom. The molecule has 7 heteroatoms. The maximum atomic E-state index is 11.4. The quantitative estimate of drug-likeness (QED) is 0.403. The van der Waals surface area contributed by atoms with Crippen molar-refractivity contribution in [1.82, 2.24) is 0 Å². The average molecular weight is 259 g/mol. The number of carbonyl (C=O) groups excluding carboxylic acids is 3. The fourth-order valence-electron chi connectivity index (χ4n) is 0.826. The Labute approximate surface area is 105 Å². The Kier molecular flexibility index (Phi) is 6.66. The Balaban J connectivity index is 4.27. The molecule has 0 radical (unpaired) electrons. The molecule has 3 atom stereocenters. The normalized spacial score (nSPS) is 14.9. The summed E-state index contributed by atoms with van der Waals surface area (Å²) in [5.74, 6) is -2.37. The third-order valence-electron chi connectivity index (χ3n) is 1.82. The fourth-order valence-corrected chi connectivity index (χ4v) is 0.826. The molecule has 0 saturated heterocycles. The number of rotatable bonds is 6. The van der Waals surface area contributed by atoms with Gasteiger partial charge in [-0.15, -0.1) is 0 Å². The van der Waals surface area contributed by atoms with Crippen LogP contribution in [-0.2, 0) is 28.6 Å². The Bertz CT molecular complexity index is 338. The molecule has 0 bridgehead atoms. The van der Waals surface area contributed by atoms with Crippen LogP contribution in [0.15, 0.2) is 12.8 Å². The van der Waals surface area contributed by atoms with Crippen LogP contribution in [0.5, 0.6) is 0 Å². The van der Waals surface area contributed by atoms with Gasteiger partial charge in [0.2, 0.25) is 0 Å². The van der Waals surface area contributed by atoms with Crippen LogP contribution >= 0.6 is 0 Å². The molecular weight excluding hydrogens is 242 g/mol. The molecule has 0 aliphatic rings. The third kappa shape index (κ3) is 5.44. The molecule has 7 nitrogen and oxygen atoms in total. The maximum Gasteiger partial charge on any atom is 0.351 e. The van der Waals surface area contributed by atoms with Crippen molar-refractivity contribution in [3.63, 3.8) is 0 Å². The first-order valence-corrected chi connectivity index (χ1v) is 5.27. The molecule has 0 rings (SSSR count). The van der Waals surface area contributed by atoms with E-state index in [2.05, 4.69) is 11.3 Å². The fraction of sp³-hybridized carbons (Fsp3) is 0.545. The first kappa shape index (κ1) is 16.1. The van der Waals surface area contributed by atoms with Crippen molar-refractivity contribution in [2.24, 2.45) is 5.73 Å². The van der Waals surface area contributed by atoms with Gasteiger partial charge in [-0.1, -0.05) is 6.58 Å². The van der Waals surface area contributed by atoms with Crippen LogP contribution in [0.4, 0.5) is 0 Å². The predicted molar refractivity (Wildman–Crippen MR) is 61.0 cm³/mol. The van der Waals surface area contributed by atoms with Crippen molar-refractivity contribution >= 4 is 17.9 Å². The van der Waals surface area contributed by atoms with E-state index >= 15 is 0 Å². The van der Waals surface area contributed by atoms with E-state index in [0.29, 0.717) is 0 Å². The zero-order valence-corrected chi connectivity index (χ0v) is 10.5. The van der Waals surface area contributed by atoms with Crippen molar-refractivity contribution in [3.8, 4) is 0 Å². The highest BCUT2D eigenvalue weighted by molar-refractivity contribution is 5.83. The average Bonchev–Trinajstić information content (AvgIpc) is 2.28. The smallest absolute Gasteiger partial charge is 0.351 e. The molecule has 2 unspecified atom stereocenters. The number of hydrogen-bond acceptors (Lipinski definition) is 7. The predicted octanol–water partition coefficient (Wildman–Crippen LogP) is -0.116. The Morgan fingerprint density at radius 2 is 1.44 bits per heavy atom. The topological polar surface area (TPSA) is 105 Å². The van der Waals surface area contributed by atoms with Crippen LogP contribution < -0.4 is 5.73 Å². The molecule has 2 N–H and O–H groups in total. The van der Waals surface area contributed by atoms with Crippen molar-refractivity contribution in [1.29, 1.82) is 0 Å². The molecule has 0 spiro atoms. The zero-order chi connectivity index (χ0) is 14.3. The minimum absolute atomic E-state index is 0.735. The van der Waals surface area contributed by atoms with Gasteiger partial charge in [0, 0.05) is 0 Å². The molecule has 0 heterocycles. The number of hydrogen-bond donors (Lipinski definition) is 1. The van der Waals surface area contributed by atoms with Crippen LogP contribution in [0.3, 0.4) is 0 Å². The summed E-state index contributed by atoms with van der Waals surface area (Å²) in [6, 6.07) is -0.844. The summed E-state index contributed by atoms with van der Waals surface area (Å²) < 4.78 is 13.9. The molecule has 0 aromatic rings. The summed E-state index contributed by atoms with van der Waals surface area (Å²) in [5.41, 5.74) is 5.26. The van der Waals surface area contributed by atoms with E-state index in [-0.39, 0.29) is 0 Å². The summed E-state index contributed by atoms with van der Waals surface area (Å²) in [6.45, 7) is 7.25. The summed E-state index contributed by atoms with van der Waals surface area (Å²) in [6.07, 6.45) is -1.35. The molecule has 0 aromatic carbocycles.